The number of nitrogens with zero attached hydrogens (tertiary/aromatic N) is 3. The van der Waals surface area contributed by atoms with Crippen LogP contribution in [0, 0.1) is 0 Å². The van der Waals surface area contributed by atoms with E-state index in [1.165, 1.54) is 7.11 Å². The monoisotopic (exact) mass is 288 g/mol. The van der Waals surface area contributed by atoms with Crippen molar-refractivity contribution < 1.29 is 9.53 Å². The van der Waals surface area contributed by atoms with E-state index in [1.807, 2.05) is 49.2 Å². The summed E-state index contributed by atoms with van der Waals surface area (Å²) < 4.78 is 6.45. The zero-order valence-corrected chi connectivity index (χ0v) is 12.5. The lowest BCUT2D eigenvalue weighted by Crippen LogP contribution is -2.19. The maximum atomic E-state index is 12.0. The van der Waals surface area contributed by atoms with E-state index in [1.54, 1.807) is 4.68 Å². The van der Waals surface area contributed by atoms with Crippen LogP contribution in [0.25, 0.3) is 0 Å². The second-order valence-corrected chi connectivity index (χ2v) is 4.73. The number of esters is 1. The number of aromatic nitrogens is 2. The number of benzene rings is 1. The highest BCUT2D eigenvalue weighted by Gasteiger charge is 2.24. The molecule has 0 radical (unpaired) electrons. The van der Waals surface area contributed by atoms with E-state index < -0.39 is 5.97 Å². The predicted molar refractivity (Wildman–Crippen MR) is 82.5 cm³/mol. The summed E-state index contributed by atoms with van der Waals surface area (Å²) >= 11 is 0. The third kappa shape index (κ3) is 2.99. The Bertz CT molecular complexity index is 622. The van der Waals surface area contributed by atoms with Crippen LogP contribution in [-0.4, -0.2) is 36.5 Å². The van der Waals surface area contributed by atoms with Crippen molar-refractivity contribution in [3.05, 3.63) is 41.5 Å². The van der Waals surface area contributed by atoms with Crippen molar-refractivity contribution >= 4 is 17.6 Å². The van der Waals surface area contributed by atoms with E-state index in [0.717, 1.165) is 5.56 Å². The van der Waals surface area contributed by atoms with Gasteiger partial charge >= 0.3 is 5.97 Å². The van der Waals surface area contributed by atoms with Crippen LogP contribution in [0.1, 0.15) is 22.8 Å². The van der Waals surface area contributed by atoms with Gasteiger partial charge in [-0.25, -0.2) is 9.48 Å². The fraction of sp³-hybridized carbons (Fsp3) is 0.333. The minimum absolute atomic E-state index is 0.317. The topological polar surface area (TPSA) is 73.4 Å². The van der Waals surface area contributed by atoms with Gasteiger partial charge in [-0.3, -0.25) is 0 Å². The van der Waals surface area contributed by atoms with Crippen LogP contribution in [0.15, 0.2) is 30.3 Å². The Morgan fingerprint density at radius 2 is 2.05 bits per heavy atom. The van der Waals surface area contributed by atoms with Gasteiger partial charge in [-0.2, -0.15) is 5.10 Å². The molecule has 21 heavy (non-hydrogen) atoms. The molecule has 0 saturated heterocycles. The first-order valence-corrected chi connectivity index (χ1v) is 6.78. The molecule has 0 aliphatic carbocycles. The van der Waals surface area contributed by atoms with Crippen molar-refractivity contribution in [1.29, 1.82) is 0 Å². The Kier molecular flexibility index (Phi) is 4.47. The zero-order chi connectivity index (χ0) is 15.4. The number of hydrogen-bond acceptors (Lipinski definition) is 5. The van der Waals surface area contributed by atoms with Crippen molar-refractivity contribution in [2.75, 3.05) is 31.3 Å². The van der Waals surface area contributed by atoms with E-state index in [4.69, 9.17) is 10.5 Å². The SMILES string of the molecule is CCN(C)c1nn(Cc2ccccc2)c(N)c1C(=O)OC. The maximum Gasteiger partial charge on any atom is 0.345 e. The Labute approximate surface area is 124 Å². The number of hydrogen-bond donors (Lipinski definition) is 1. The lowest BCUT2D eigenvalue weighted by molar-refractivity contribution is 0.0602. The van der Waals surface area contributed by atoms with Gasteiger partial charge < -0.3 is 15.4 Å². The summed E-state index contributed by atoms with van der Waals surface area (Å²) in [5.74, 6) is 0.390. The van der Waals surface area contributed by atoms with Crippen molar-refractivity contribution in [2.24, 2.45) is 0 Å². The van der Waals surface area contributed by atoms with Gasteiger partial charge in [0.2, 0.25) is 0 Å². The van der Waals surface area contributed by atoms with Crippen LogP contribution in [0.5, 0.6) is 0 Å². The maximum absolute atomic E-state index is 12.0. The molecule has 2 aromatic rings. The van der Waals surface area contributed by atoms with Gasteiger partial charge in [-0.15, -0.1) is 0 Å². The highest BCUT2D eigenvalue weighted by atomic mass is 16.5. The largest absolute Gasteiger partial charge is 0.465 e. The molecular formula is C15H20N4O2. The highest BCUT2D eigenvalue weighted by Crippen LogP contribution is 2.26. The molecule has 0 saturated carbocycles. The minimum atomic E-state index is -0.470. The first kappa shape index (κ1) is 14.9. The summed E-state index contributed by atoms with van der Waals surface area (Å²) in [5.41, 5.74) is 7.48. The van der Waals surface area contributed by atoms with Crippen molar-refractivity contribution in [3.8, 4) is 0 Å². The van der Waals surface area contributed by atoms with Crippen LogP contribution < -0.4 is 10.6 Å². The van der Waals surface area contributed by atoms with Gasteiger partial charge in [0.15, 0.2) is 5.82 Å². The van der Waals surface area contributed by atoms with Gasteiger partial charge in [-0.05, 0) is 12.5 Å². The molecule has 2 rings (SSSR count). The third-order valence-electron chi connectivity index (χ3n) is 3.37. The molecule has 0 bridgehead atoms. The fourth-order valence-corrected chi connectivity index (χ4v) is 2.05. The molecule has 112 valence electrons. The number of carbonyl (C=O) groups is 1. The zero-order valence-electron chi connectivity index (χ0n) is 12.5. The van der Waals surface area contributed by atoms with Crippen LogP contribution in [-0.2, 0) is 11.3 Å². The van der Waals surface area contributed by atoms with E-state index in [2.05, 4.69) is 5.10 Å². The van der Waals surface area contributed by atoms with E-state index in [0.29, 0.717) is 30.3 Å². The number of rotatable bonds is 5. The normalized spacial score (nSPS) is 10.4. The van der Waals surface area contributed by atoms with Gasteiger partial charge in [-0.1, -0.05) is 30.3 Å². The molecule has 0 unspecified atom stereocenters. The molecule has 1 heterocycles. The Morgan fingerprint density at radius 1 is 1.38 bits per heavy atom. The second kappa shape index (κ2) is 6.30. The third-order valence-corrected chi connectivity index (χ3v) is 3.37. The molecule has 0 aliphatic heterocycles. The van der Waals surface area contributed by atoms with Crippen LogP contribution in [0.3, 0.4) is 0 Å². The molecule has 1 aromatic heterocycles. The van der Waals surface area contributed by atoms with E-state index >= 15 is 0 Å². The molecule has 2 N–H and O–H groups in total. The first-order valence-electron chi connectivity index (χ1n) is 6.78. The number of ether oxygens (including phenoxy) is 1. The van der Waals surface area contributed by atoms with Gasteiger partial charge in [0.05, 0.1) is 13.7 Å². The smallest absolute Gasteiger partial charge is 0.345 e. The standard InChI is InChI=1S/C15H20N4O2/c1-4-18(2)14-12(15(20)21-3)13(16)19(17-14)10-11-8-6-5-7-9-11/h5-9H,4,10,16H2,1-3H3. The number of anilines is 2. The van der Waals surface area contributed by atoms with E-state index in [-0.39, 0.29) is 0 Å². The summed E-state index contributed by atoms with van der Waals surface area (Å²) in [6, 6.07) is 9.83. The van der Waals surface area contributed by atoms with Gasteiger partial charge in [0.1, 0.15) is 11.4 Å². The van der Waals surface area contributed by atoms with Crippen molar-refractivity contribution in [3.63, 3.8) is 0 Å². The summed E-state index contributed by atoms with van der Waals surface area (Å²) in [6.45, 7) is 3.20. The minimum Gasteiger partial charge on any atom is -0.465 e. The van der Waals surface area contributed by atoms with Gasteiger partial charge in [0.25, 0.3) is 0 Å². The van der Waals surface area contributed by atoms with Crippen LogP contribution >= 0.6 is 0 Å². The Balaban J connectivity index is 2.43. The predicted octanol–water partition coefficient (Wildman–Crippen LogP) is 1.76. The number of methoxy groups -OCH3 is 1. The quantitative estimate of drug-likeness (QED) is 0.849. The molecule has 6 nitrogen and oxygen atoms in total. The second-order valence-electron chi connectivity index (χ2n) is 4.73. The van der Waals surface area contributed by atoms with Crippen LogP contribution in [0.2, 0.25) is 0 Å². The van der Waals surface area contributed by atoms with Crippen molar-refractivity contribution in [1.82, 2.24) is 9.78 Å². The average molecular weight is 288 g/mol. The fourth-order valence-electron chi connectivity index (χ4n) is 2.05. The first-order chi connectivity index (χ1) is 10.1. The molecule has 0 fully saturated rings. The average Bonchev–Trinajstić information content (AvgIpc) is 2.83. The summed E-state index contributed by atoms with van der Waals surface area (Å²) in [7, 11) is 3.20. The van der Waals surface area contributed by atoms with Gasteiger partial charge in [0, 0.05) is 13.6 Å². The molecule has 0 spiro atoms. The molecule has 0 aliphatic rings. The Hall–Kier alpha value is -2.50. The molecule has 1 aromatic carbocycles. The van der Waals surface area contributed by atoms with E-state index in [9.17, 15) is 4.79 Å². The number of carbonyl (C=O) groups excluding carboxylic acids is 1. The summed E-state index contributed by atoms with van der Waals surface area (Å²) in [5, 5.41) is 4.46. The lowest BCUT2D eigenvalue weighted by atomic mass is 10.2. The van der Waals surface area contributed by atoms with Crippen LogP contribution in [0.4, 0.5) is 11.6 Å². The molecular weight excluding hydrogens is 268 g/mol. The number of nitrogens with two attached hydrogens (primary N) is 1. The number of nitrogen functional groups attached to an aromatic ring is 1. The summed E-state index contributed by atoms with van der Waals surface area (Å²) in [6.07, 6.45) is 0. The lowest BCUT2D eigenvalue weighted by Gasteiger charge is -2.14. The Morgan fingerprint density at radius 3 is 2.62 bits per heavy atom. The molecule has 0 amide bonds. The summed E-state index contributed by atoms with van der Waals surface area (Å²) in [4.78, 5) is 13.8. The van der Waals surface area contributed by atoms with Crippen molar-refractivity contribution in [2.45, 2.75) is 13.5 Å². The molecule has 6 heteroatoms. The molecule has 0 atom stereocenters. The highest BCUT2D eigenvalue weighted by molar-refractivity contribution is 5.99.